The van der Waals surface area contributed by atoms with Crippen LogP contribution in [0.2, 0.25) is 0 Å². The number of methoxy groups -OCH3 is 1. The number of carbonyl (C=O) groups is 5. The van der Waals surface area contributed by atoms with Gasteiger partial charge in [0.1, 0.15) is 5.69 Å². The standard InChI is InChI=1S/C31H23Cl2F5N2O8/c1-48-16-9-11(4-7-15(16)41)19-12-5-6-13-18(27(45)39(26(13)44)8-2-3-17(42)43)14(12)10-30(32)28(46)40(29(47)31(19,30)33)25-23(37)21(35)20(34)22(36)24(25)38/h4-5,7,9,13-14,18-19,41H,2-3,6,8,10H2,1H3,(H,42,43). The third kappa shape index (κ3) is 4.39. The highest BCUT2D eigenvalue weighted by Gasteiger charge is 2.77. The van der Waals surface area contributed by atoms with E-state index in [0.29, 0.717) is 0 Å². The second-order valence-electron chi connectivity index (χ2n) is 11.9. The Morgan fingerprint density at radius 3 is 2.19 bits per heavy atom. The van der Waals surface area contributed by atoms with E-state index in [0.717, 1.165) is 11.0 Å². The maximum absolute atomic E-state index is 15.1. The molecular weight excluding hydrogens is 694 g/mol. The smallest absolute Gasteiger partial charge is 0.303 e. The Bertz CT molecular complexity index is 1850. The average Bonchev–Trinajstić information content (AvgIpc) is 3.37. The van der Waals surface area contributed by atoms with Crippen molar-refractivity contribution in [3.8, 4) is 11.5 Å². The van der Waals surface area contributed by atoms with Gasteiger partial charge in [0.05, 0.1) is 18.9 Å². The van der Waals surface area contributed by atoms with E-state index in [9.17, 15) is 42.3 Å². The molecule has 254 valence electrons. The van der Waals surface area contributed by atoms with Crippen molar-refractivity contribution in [2.75, 3.05) is 18.6 Å². The number of anilines is 1. The summed E-state index contributed by atoms with van der Waals surface area (Å²) in [6, 6.07) is 3.66. The number of alkyl halides is 2. The molecule has 6 unspecified atom stereocenters. The topological polar surface area (TPSA) is 142 Å². The van der Waals surface area contributed by atoms with Crippen LogP contribution >= 0.6 is 23.2 Å². The quantitative estimate of drug-likeness (QED) is 0.106. The van der Waals surface area contributed by atoms with Gasteiger partial charge in [0.2, 0.25) is 17.6 Å². The van der Waals surface area contributed by atoms with Crippen molar-refractivity contribution in [1.29, 1.82) is 0 Å². The number of allylic oxidation sites excluding steroid dienone is 2. The summed E-state index contributed by atoms with van der Waals surface area (Å²) in [4.78, 5) is 61.8. The number of aromatic hydroxyl groups is 1. The number of amides is 4. The van der Waals surface area contributed by atoms with Crippen LogP contribution in [0.1, 0.15) is 37.2 Å². The molecule has 0 radical (unpaired) electrons. The van der Waals surface area contributed by atoms with Gasteiger partial charge in [-0.25, -0.2) is 26.9 Å². The van der Waals surface area contributed by atoms with Crippen molar-refractivity contribution in [2.45, 2.75) is 41.3 Å². The zero-order valence-corrected chi connectivity index (χ0v) is 26.1. The van der Waals surface area contributed by atoms with Crippen molar-refractivity contribution in [3.63, 3.8) is 0 Å². The van der Waals surface area contributed by atoms with Crippen LogP contribution < -0.4 is 9.64 Å². The lowest BCUT2D eigenvalue weighted by Crippen LogP contribution is -2.60. The van der Waals surface area contributed by atoms with Gasteiger partial charge in [-0.2, -0.15) is 0 Å². The maximum atomic E-state index is 15.1. The Morgan fingerprint density at radius 2 is 1.58 bits per heavy atom. The predicted octanol–water partition coefficient (Wildman–Crippen LogP) is 4.52. The molecule has 48 heavy (non-hydrogen) atoms. The second kappa shape index (κ2) is 11.4. The van der Waals surface area contributed by atoms with Crippen LogP contribution in [0, 0.1) is 46.8 Å². The van der Waals surface area contributed by atoms with Gasteiger partial charge < -0.3 is 14.9 Å². The fourth-order valence-corrected chi connectivity index (χ4v) is 8.42. The van der Waals surface area contributed by atoms with Gasteiger partial charge in [-0.05, 0) is 42.9 Å². The summed E-state index contributed by atoms with van der Waals surface area (Å²) in [5, 5.41) is 19.3. The SMILES string of the molecule is COc1cc(C2C3=CCC4C(=O)N(CCCC(=O)O)C(=O)C4C3CC3(Cl)C(=O)N(c4c(F)c(F)c(F)c(F)c4F)C(=O)C23Cl)ccc1O. The summed E-state index contributed by atoms with van der Waals surface area (Å²) in [5.41, 5.74) is -1.64. The minimum absolute atomic E-state index is 0.0505. The third-order valence-electron chi connectivity index (χ3n) is 9.62. The molecule has 0 bridgehead atoms. The fourth-order valence-electron chi connectivity index (χ4n) is 7.49. The number of carbonyl (C=O) groups excluding carboxylic acids is 4. The first-order chi connectivity index (χ1) is 22.5. The molecular formula is C31H23Cl2F5N2O8. The number of aliphatic carboxylic acids is 1. The Labute approximate surface area is 277 Å². The molecule has 2 aromatic carbocycles. The highest BCUT2D eigenvalue weighted by Crippen LogP contribution is 2.66. The van der Waals surface area contributed by atoms with Crippen molar-refractivity contribution in [1.82, 2.24) is 4.90 Å². The second-order valence-corrected chi connectivity index (χ2v) is 13.2. The fraction of sp³-hybridized carbons (Fsp3) is 0.387. The highest BCUT2D eigenvalue weighted by atomic mass is 35.5. The molecule has 2 aliphatic heterocycles. The first kappa shape index (κ1) is 33.7. The summed E-state index contributed by atoms with van der Waals surface area (Å²) in [6.07, 6.45) is 0.361. The Kier molecular flexibility index (Phi) is 8.02. The monoisotopic (exact) mass is 716 g/mol. The lowest BCUT2D eigenvalue weighted by Gasteiger charge is -2.50. The van der Waals surface area contributed by atoms with E-state index in [-0.39, 0.29) is 53.3 Å². The Hall–Kier alpha value is -4.24. The largest absolute Gasteiger partial charge is 0.504 e. The zero-order chi connectivity index (χ0) is 35.2. The molecule has 0 spiro atoms. The van der Waals surface area contributed by atoms with Gasteiger partial charge in [0.15, 0.2) is 44.5 Å². The third-order valence-corrected chi connectivity index (χ3v) is 11.0. The summed E-state index contributed by atoms with van der Waals surface area (Å²) >= 11 is 14.1. The van der Waals surface area contributed by atoms with Crippen LogP contribution in [0.25, 0.3) is 0 Å². The van der Waals surface area contributed by atoms with Gasteiger partial charge in [0, 0.05) is 18.9 Å². The normalized spacial score (nSPS) is 29.5. The number of carboxylic acids is 1. The lowest BCUT2D eigenvalue weighted by molar-refractivity contribution is -0.142. The first-order valence-electron chi connectivity index (χ1n) is 14.4. The molecule has 2 aromatic rings. The van der Waals surface area contributed by atoms with Crippen molar-refractivity contribution < 1.29 is 60.9 Å². The first-order valence-corrected chi connectivity index (χ1v) is 15.2. The molecule has 2 N–H and O–H groups in total. The number of carboxylic acid groups (broad SMARTS) is 1. The Morgan fingerprint density at radius 1 is 0.958 bits per heavy atom. The maximum Gasteiger partial charge on any atom is 0.303 e. The van der Waals surface area contributed by atoms with E-state index >= 15 is 8.78 Å². The molecule has 2 aliphatic carbocycles. The number of nitrogens with zero attached hydrogens (tertiary/aromatic N) is 2. The number of ether oxygens (including phenoxy) is 1. The molecule has 6 atom stereocenters. The summed E-state index contributed by atoms with van der Waals surface area (Å²) < 4.78 is 78.1. The number of benzene rings is 2. The van der Waals surface area contributed by atoms with E-state index in [1.54, 1.807) is 0 Å². The van der Waals surface area contributed by atoms with E-state index in [4.69, 9.17) is 33.0 Å². The van der Waals surface area contributed by atoms with E-state index < -0.39 is 104 Å². The van der Waals surface area contributed by atoms with E-state index in [1.807, 2.05) is 0 Å². The number of halogens is 7. The molecule has 6 rings (SSSR count). The van der Waals surface area contributed by atoms with Crippen LogP contribution in [-0.2, 0) is 24.0 Å². The minimum atomic E-state index is -2.73. The molecule has 4 amide bonds. The lowest BCUT2D eigenvalue weighted by atomic mass is 9.56. The summed E-state index contributed by atoms with van der Waals surface area (Å²) in [7, 11) is 1.20. The number of hydrogen-bond donors (Lipinski definition) is 2. The number of phenols is 1. The summed E-state index contributed by atoms with van der Waals surface area (Å²) in [6.45, 7) is -0.228. The van der Waals surface area contributed by atoms with Gasteiger partial charge in [-0.3, -0.25) is 28.9 Å². The zero-order valence-electron chi connectivity index (χ0n) is 24.5. The molecule has 1 saturated carbocycles. The van der Waals surface area contributed by atoms with Crippen LogP contribution in [-0.4, -0.2) is 68.1 Å². The molecule has 4 aliphatic rings. The van der Waals surface area contributed by atoms with Crippen molar-refractivity contribution in [3.05, 3.63) is 64.5 Å². The number of likely N-dealkylation sites (tertiary alicyclic amines) is 1. The molecule has 17 heteroatoms. The van der Waals surface area contributed by atoms with Gasteiger partial charge >= 0.3 is 5.97 Å². The molecule has 3 fully saturated rings. The number of hydrogen-bond acceptors (Lipinski definition) is 7. The van der Waals surface area contributed by atoms with Gasteiger partial charge in [-0.15, -0.1) is 23.2 Å². The minimum Gasteiger partial charge on any atom is -0.504 e. The van der Waals surface area contributed by atoms with Crippen molar-refractivity contribution >= 4 is 58.5 Å². The Balaban J connectivity index is 1.54. The van der Waals surface area contributed by atoms with Gasteiger partial charge in [0.25, 0.3) is 11.8 Å². The number of fused-ring (bicyclic) bond motifs is 4. The van der Waals surface area contributed by atoms with Gasteiger partial charge in [-0.1, -0.05) is 17.7 Å². The molecule has 2 heterocycles. The number of imide groups is 2. The van der Waals surface area contributed by atoms with Crippen LogP contribution in [0.3, 0.4) is 0 Å². The van der Waals surface area contributed by atoms with Crippen LogP contribution in [0.4, 0.5) is 27.6 Å². The average molecular weight is 717 g/mol. The number of rotatable bonds is 7. The molecule has 0 aromatic heterocycles. The van der Waals surface area contributed by atoms with Crippen LogP contribution in [0.15, 0.2) is 29.8 Å². The van der Waals surface area contributed by atoms with Crippen LogP contribution in [0.5, 0.6) is 11.5 Å². The molecule has 2 saturated heterocycles. The van der Waals surface area contributed by atoms with E-state index in [2.05, 4.69) is 0 Å². The summed E-state index contributed by atoms with van der Waals surface area (Å²) in [5.74, 6) is -23.6. The van der Waals surface area contributed by atoms with E-state index in [1.165, 1.54) is 25.3 Å². The molecule has 10 nitrogen and oxygen atoms in total. The predicted molar refractivity (Wildman–Crippen MR) is 155 cm³/mol. The number of phenolic OH excluding ortho intramolecular Hbond substituents is 1. The van der Waals surface area contributed by atoms with Crippen molar-refractivity contribution in [2.24, 2.45) is 17.8 Å². The highest BCUT2D eigenvalue weighted by molar-refractivity contribution is 6.58.